The van der Waals surface area contributed by atoms with E-state index in [1.807, 2.05) is 4.90 Å². The average molecular weight is 497 g/mol. The second kappa shape index (κ2) is 10.3. The van der Waals surface area contributed by atoms with E-state index < -0.39 is 17.7 Å². The SMILES string of the molecule is CCOC(=O)C1CCCN(CC(=O)N2CCc3c(C(F)(F)F)nn(Cc4ccc(F)cc4)c3C2)C1. The smallest absolute Gasteiger partial charge is 0.435 e. The van der Waals surface area contributed by atoms with Crippen LogP contribution in [0.1, 0.15) is 42.3 Å². The van der Waals surface area contributed by atoms with Crippen LogP contribution < -0.4 is 0 Å². The summed E-state index contributed by atoms with van der Waals surface area (Å²) in [4.78, 5) is 28.6. The summed E-state index contributed by atoms with van der Waals surface area (Å²) in [7, 11) is 0. The molecule has 1 fully saturated rings. The van der Waals surface area contributed by atoms with Crippen LogP contribution >= 0.6 is 0 Å². The maximum Gasteiger partial charge on any atom is 0.435 e. The van der Waals surface area contributed by atoms with Crippen molar-refractivity contribution in [2.45, 2.75) is 45.5 Å². The number of piperidine rings is 1. The van der Waals surface area contributed by atoms with Gasteiger partial charge in [-0.3, -0.25) is 19.2 Å². The van der Waals surface area contributed by atoms with Gasteiger partial charge in [0.25, 0.3) is 0 Å². The highest BCUT2D eigenvalue weighted by molar-refractivity contribution is 5.79. The van der Waals surface area contributed by atoms with Crippen LogP contribution in [0.15, 0.2) is 24.3 Å². The lowest BCUT2D eigenvalue weighted by molar-refractivity contribution is -0.151. The highest BCUT2D eigenvalue weighted by atomic mass is 19.4. The third-order valence-electron chi connectivity index (χ3n) is 6.49. The first-order chi connectivity index (χ1) is 16.7. The number of carbonyl (C=O) groups excluding carboxylic acids is 2. The van der Waals surface area contributed by atoms with E-state index in [2.05, 4.69) is 5.10 Å². The number of ether oxygens (including phenoxy) is 1. The lowest BCUT2D eigenvalue weighted by Crippen LogP contribution is -2.47. The summed E-state index contributed by atoms with van der Waals surface area (Å²) < 4.78 is 60.6. The number of hydrogen-bond donors (Lipinski definition) is 0. The number of likely N-dealkylation sites (tertiary alicyclic amines) is 1. The topological polar surface area (TPSA) is 67.7 Å². The van der Waals surface area contributed by atoms with Gasteiger partial charge < -0.3 is 9.64 Å². The fourth-order valence-corrected chi connectivity index (χ4v) is 4.76. The van der Waals surface area contributed by atoms with Crippen LogP contribution in [0.5, 0.6) is 0 Å². The van der Waals surface area contributed by atoms with Gasteiger partial charge in [-0.15, -0.1) is 0 Å². The van der Waals surface area contributed by atoms with Crippen molar-refractivity contribution in [1.82, 2.24) is 19.6 Å². The molecule has 7 nitrogen and oxygen atoms in total. The van der Waals surface area contributed by atoms with Gasteiger partial charge in [0.2, 0.25) is 5.91 Å². The number of alkyl halides is 3. The van der Waals surface area contributed by atoms with Gasteiger partial charge in [0.15, 0.2) is 5.69 Å². The van der Waals surface area contributed by atoms with Gasteiger partial charge in [-0.2, -0.15) is 18.3 Å². The van der Waals surface area contributed by atoms with Crippen molar-refractivity contribution in [3.63, 3.8) is 0 Å². The van der Waals surface area contributed by atoms with Crippen LogP contribution in [0.3, 0.4) is 0 Å². The molecule has 1 saturated heterocycles. The Hall–Kier alpha value is -2.95. The van der Waals surface area contributed by atoms with Crippen molar-refractivity contribution in [3.8, 4) is 0 Å². The largest absolute Gasteiger partial charge is 0.466 e. The van der Waals surface area contributed by atoms with Crippen LogP contribution in [0.4, 0.5) is 17.6 Å². The molecule has 2 aromatic rings. The fraction of sp³-hybridized carbons (Fsp3) is 0.542. The van der Waals surface area contributed by atoms with Gasteiger partial charge in [-0.25, -0.2) is 4.39 Å². The number of aromatic nitrogens is 2. The van der Waals surface area contributed by atoms with Gasteiger partial charge in [0.05, 0.1) is 37.9 Å². The number of hydrogen-bond acceptors (Lipinski definition) is 5. The minimum absolute atomic E-state index is 0.00753. The van der Waals surface area contributed by atoms with Crippen LogP contribution in [0.2, 0.25) is 0 Å². The van der Waals surface area contributed by atoms with Crippen molar-refractivity contribution < 1.29 is 31.9 Å². The van der Waals surface area contributed by atoms with E-state index in [0.29, 0.717) is 37.4 Å². The first kappa shape index (κ1) is 25.2. The predicted octanol–water partition coefficient (Wildman–Crippen LogP) is 3.25. The van der Waals surface area contributed by atoms with E-state index in [4.69, 9.17) is 4.74 Å². The zero-order chi connectivity index (χ0) is 25.2. The number of halogens is 4. The second-order valence-electron chi connectivity index (χ2n) is 8.95. The molecule has 0 radical (unpaired) electrons. The number of fused-ring (bicyclic) bond motifs is 1. The Morgan fingerprint density at radius 3 is 2.60 bits per heavy atom. The maximum absolute atomic E-state index is 13.7. The Balaban J connectivity index is 1.49. The van der Waals surface area contributed by atoms with Crippen LogP contribution in [-0.4, -0.2) is 64.2 Å². The van der Waals surface area contributed by atoms with Crippen LogP contribution in [0.25, 0.3) is 0 Å². The maximum atomic E-state index is 13.7. The highest BCUT2D eigenvalue weighted by Gasteiger charge is 2.41. The minimum Gasteiger partial charge on any atom is -0.466 e. The number of rotatable bonds is 6. The van der Waals surface area contributed by atoms with Crippen molar-refractivity contribution in [1.29, 1.82) is 0 Å². The molecule has 2 aliphatic heterocycles. The van der Waals surface area contributed by atoms with Crippen molar-refractivity contribution in [2.24, 2.45) is 5.92 Å². The van der Waals surface area contributed by atoms with Crippen molar-refractivity contribution in [3.05, 3.63) is 52.6 Å². The normalized spacial score (nSPS) is 18.9. The number of benzene rings is 1. The molecule has 3 heterocycles. The molecule has 11 heteroatoms. The Morgan fingerprint density at radius 1 is 1.17 bits per heavy atom. The molecule has 0 N–H and O–H groups in total. The quantitative estimate of drug-likeness (QED) is 0.454. The van der Waals surface area contributed by atoms with Crippen LogP contribution in [-0.2, 0) is 40.0 Å². The Bertz CT molecular complexity index is 1070. The zero-order valence-corrected chi connectivity index (χ0v) is 19.5. The third kappa shape index (κ3) is 5.83. The molecule has 1 atom stereocenters. The molecule has 0 bridgehead atoms. The highest BCUT2D eigenvalue weighted by Crippen LogP contribution is 2.35. The lowest BCUT2D eigenvalue weighted by Gasteiger charge is -2.34. The lowest BCUT2D eigenvalue weighted by atomic mass is 9.98. The van der Waals surface area contributed by atoms with E-state index in [-0.39, 0.29) is 56.0 Å². The van der Waals surface area contributed by atoms with E-state index in [9.17, 15) is 27.2 Å². The molecular formula is C24H28F4N4O3. The number of carbonyl (C=O) groups is 2. The first-order valence-corrected chi connectivity index (χ1v) is 11.7. The summed E-state index contributed by atoms with van der Waals surface area (Å²) in [5.41, 5.74) is 0.107. The molecule has 0 aliphatic carbocycles. The zero-order valence-electron chi connectivity index (χ0n) is 19.5. The molecule has 0 saturated carbocycles. The molecule has 190 valence electrons. The molecule has 0 spiro atoms. The summed E-state index contributed by atoms with van der Waals surface area (Å²) in [5, 5.41) is 3.84. The summed E-state index contributed by atoms with van der Waals surface area (Å²) in [6, 6.07) is 5.49. The molecule has 1 unspecified atom stereocenters. The monoisotopic (exact) mass is 496 g/mol. The molecular weight excluding hydrogens is 468 g/mol. The van der Waals surface area contributed by atoms with Crippen molar-refractivity contribution >= 4 is 11.9 Å². The summed E-state index contributed by atoms with van der Waals surface area (Å²) in [6.45, 7) is 3.43. The molecule has 1 aromatic carbocycles. The number of amides is 1. The van der Waals surface area contributed by atoms with E-state index in [1.54, 1.807) is 11.8 Å². The number of nitrogens with zero attached hydrogens (tertiary/aromatic N) is 4. The summed E-state index contributed by atoms with van der Waals surface area (Å²) >= 11 is 0. The van der Waals surface area contributed by atoms with Gasteiger partial charge in [-0.05, 0) is 50.4 Å². The summed E-state index contributed by atoms with van der Waals surface area (Å²) in [6.07, 6.45) is -3.09. The molecule has 35 heavy (non-hydrogen) atoms. The Labute approximate surface area is 200 Å². The van der Waals surface area contributed by atoms with Gasteiger partial charge in [0, 0.05) is 18.7 Å². The molecule has 1 amide bonds. The Kier molecular flexibility index (Phi) is 7.44. The second-order valence-corrected chi connectivity index (χ2v) is 8.95. The average Bonchev–Trinajstić information content (AvgIpc) is 3.19. The Morgan fingerprint density at radius 2 is 1.91 bits per heavy atom. The van der Waals surface area contributed by atoms with Gasteiger partial charge in [-0.1, -0.05) is 12.1 Å². The van der Waals surface area contributed by atoms with Crippen molar-refractivity contribution in [2.75, 3.05) is 32.8 Å². The van der Waals surface area contributed by atoms with E-state index in [1.165, 1.54) is 28.9 Å². The molecule has 4 rings (SSSR count). The standard InChI is InChI=1S/C24H28F4N4O3/c1-2-35-23(34)17-4-3-10-30(13-17)15-21(33)31-11-9-19-20(14-31)32(29-22(19)24(26,27)28)12-16-5-7-18(25)8-6-16/h5-8,17H,2-4,9-15H2,1H3. The number of esters is 1. The van der Waals surface area contributed by atoms with Crippen LogP contribution in [0, 0.1) is 11.7 Å². The molecule has 1 aromatic heterocycles. The summed E-state index contributed by atoms with van der Waals surface area (Å²) in [5.74, 6) is -1.19. The predicted molar refractivity (Wildman–Crippen MR) is 118 cm³/mol. The first-order valence-electron chi connectivity index (χ1n) is 11.7. The fourth-order valence-electron chi connectivity index (χ4n) is 4.76. The van der Waals surface area contributed by atoms with E-state index in [0.717, 1.165) is 6.42 Å². The van der Waals surface area contributed by atoms with Gasteiger partial charge in [0.1, 0.15) is 5.82 Å². The van der Waals surface area contributed by atoms with Gasteiger partial charge >= 0.3 is 12.1 Å². The van der Waals surface area contributed by atoms with E-state index >= 15 is 0 Å². The molecule has 2 aliphatic rings. The minimum atomic E-state index is -4.61. The third-order valence-corrected chi connectivity index (χ3v) is 6.49.